The Morgan fingerprint density at radius 3 is 2.67 bits per heavy atom. The number of nitrogens with zero attached hydrogens (tertiary/aromatic N) is 1. The largest absolute Gasteiger partial charge is 0.343 e. The van der Waals surface area contributed by atoms with E-state index in [9.17, 15) is 4.79 Å². The van der Waals surface area contributed by atoms with Crippen molar-refractivity contribution in [3.63, 3.8) is 0 Å². The zero-order valence-electron chi connectivity index (χ0n) is 10.0. The van der Waals surface area contributed by atoms with Crippen LogP contribution < -0.4 is 5.73 Å². The summed E-state index contributed by atoms with van der Waals surface area (Å²) >= 11 is 0. The van der Waals surface area contributed by atoms with E-state index in [1.165, 1.54) is 0 Å². The highest BCUT2D eigenvalue weighted by Crippen LogP contribution is 2.24. The van der Waals surface area contributed by atoms with Gasteiger partial charge in [-0.05, 0) is 32.6 Å². The standard InChI is InChI=1S/C12H24N2O/c1-3-8-14(4-2)12(15)10-6-5-7-11(13)9-10/h10-11H,3-9,13H2,1-2H3. The second-order valence-corrected chi connectivity index (χ2v) is 4.54. The van der Waals surface area contributed by atoms with Gasteiger partial charge in [-0.3, -0.25) is 4.79 Å². The summed E-state index contributed by atoms with van der Waals surface area (Å²) in [5, 5.41) is 0. The average Bonchev–Trinajstić information content (AvgIpc) is 2.25. The van der Waals surface area contributed by atoms with Gasteiger partial charge < -0.3 is 10.6 Å². The Labute approximate surface area is 93.0 Å². The minimum absolute atomic E-state index is 0.195. The molecule has 1 amide bonds. The Morgan fingerprint density at radius 2 is 2.13 bits per heavy atom. The summed E-state index contributed by atoms with van der Waals surface area (Å²) in [4.78, 5) is 14.1. The number of carbonyl (C=O) groups excluding carboxylic acids is 1. The van der Waals surface area contributed by atoms with Gasteiger partial charge >= 0.3 is 0 Å². The summed E-state index contributed by atoms with van der Waals surface area (Å²) in [5.41, 5.74) is 5.91. The molecule has 1 aliphatic carbocycles. The molecule has 88 valence electrons. The molecule has 1 rings (SSSR count). The summed E-state index contributed by atoms with van der Waals surface area (Å²) in [6.07, 6.45) is 5.16. The van der Waals surface area contributed by atoms with Crippen molar-refractivity contribution in [3.05, 3.63) is 0 Å². The maximum absolute atomic E-state index is 12.1. The van der Waals surface area contributed by atoms with Crippen molar-refractivity contribution in [3.8, 4) is 0 Å². The molecular formula is C12H24N2O. The Bertz CT molecular complexity index is 206. The molecule has 3 nitrogen and oxygen atoms in total. The third-order valence-corrected chi connectivity index (χ3v) is 3.25. The first-order valence-corrected chi connectivity index (χ1v) is 6.23. The van der Waals surface area contributed by atoms with Gasteiger partial charge in [0.25, 0.3) is 0 Å². The minimum Gasteiger partial charge on any atom is -0.343 e. The lowest BCUT2D eigenvalue weighted by Crippen LogP contribution is -2.40. The van der Waals surface area contributed by atoms with E-state index in [-0.39, 0.29) is 12.0 Å². The zero-order chi connectivity index (χ0) is 11.3. The van der Waals surface area contributed by atoms with E-state index in [2.05, 4.69) is 13.8 Å². The topological polar surface area (TPSA) is 46.3 Å². The number of carbonyl (C=O) groups is 1. The maximum Gasteiger partial charge on any atom is 0.225 e. The van der Waals surface area contributed by atoms with Crippen LogP contribution in [0.1, 0.15) is 46.0 Å². The summed E-state index contributed by atoms with van der Waals surface area (Å²) in [6, 6.07) is 0.244. The molecule has 0 spiro atoms. The highest BCUT2D eigenvalue weighted by molar-refractivity contribution is 5.79. The van der Waals surface area contributed by atoms with Crippen LogP contribution in [0.5, 0.6) is 0 Å². The van der Waals surface area contributed by atoms with Crippen LogP contribution in [0.15, 0.2) is 0 Å². The van der Waals surface area contributed by atoms with E-state index in [0.29, 0.717) is 5.91 Å². The summed E-state index contributed by atoms with van der Waals surface area (Å²) in [6.45, 7) is 5.89. The summed E-state index contributed by atoms with van der Waals surface area (Å²) in [7, 11) is 0. The quantitative estimate of drug-likeness (QED) is 0.772. The van der Waals surface area contributed by atoms with E-state index in [1.54, 1.807) is 0 Å². The van der Waals surface area contributed by atoms with Crippen molar-refractivity contribution < 1.29 is 4.79 Å². The SMILES string of the molecule is CCCN(CC)C(=O)C1CCCC(N)C1. The molecule has 2 N–H and O–H groups in total. The van der Waals surface area contributed by atoms with Gasteiger partial charge in [0.1, 0.15) is 0 Å². The van der Waals surface area contributed by atoms with Gasteiger partial charge in [-0.25, -0.2) is 0 Å². The second-order valence-electron chi connectivity index (χ2n) is 4.54. The molecule has 0 aromatic rings. The molecule has 0 radical (unpaired) electrons. The Hall–Kier alpha value is -0.570. The molecule has 0 saturated heterocycles. The van der Waals surface area contributed by atoms with E-state index in [0.717, 1.165) is 45.2 Å². The molecule has 1 aliphatic rings. The van der Waals surface area contributed by atoms with Crippen molar-refractivity contribution in [1.82, 2.24) is 4.90 Å². The smallest absolute Gasteiger partial charge is 0.225 e. The summed E-state index contributed by atoms with van der Waals surface area (Å²) < 4.78 is 0. The first-order chi connectivity index (χ1) is 7.19. The molecule has 0 aliphatic heterocycles. The third kappa shape index (κ3) is 3.49. The number of amides is 1. The van der Waals surface area contributed by atoms with Crippen LogP contribution in [0.2, 0.25) is 0 Å². The molecule has 1 saturated carbocycles. The molecule has 0 heterocycles. The highest BCUT2D eigenvalue weighted by atomic mass is 16.2. The van der Waals surface area contributed by atoms with Crippen molar-refractivity contribution >= 4 is 5.91 Å². The van der Waals surface area contributed by atoms with Crippen molar-refractivity contribution in [2.75, 3.05) is 13.1 Å². The van der Waals surface area contributed by atoms with Crippen LogP contribution in [0.4, 0.5) is 0 Å². The number of nitrogens with two attached hydrogens (primary N) is 1. The number of hydrogen-bond acceptors (Lipinski definition) is 2. The number of hydrogen-bond donors (Lipinski definition) is 1. The van der Waals surface area contributed by atoms with Crippen molar-refractivity contribution in [2.24, 2.45) is 11.7 Å². The Morgan fingerprint density at radius 1 is 1.40 bits per heavy atom. The van der Waals surface area contributed by atoms with E-state index >= 15 is 0 Å². The van der Waals surface area contributed by atoms with Gasteiger partial charge in [-0.1, -0.05) is 13.3 Å². The predicted molar refractivity (Wildman–Crippen MR) is 62.5 cm³/mol. The lowest BCUT2D eigenvalue weighted by atomic mass is 9.85. The van der Waals surface area contributed by atoms with Crippen molar-refractivity contribution in [2.45, 2.75) is 52.0 Å². The van der Waals surface area contributed by atoms with Gasteiger partial charge in [-0.15, -0.1) is 0 Å². The molecule has 0 bridgehead atoms. The normalized spacial score (nSPS) is 26.3. The van der Waals surface area contributed by atoms with Crippen LogP contribution >= 0.6 is 0 Å². The maximum atomic E-state index is 12.1. The van der Waals surface area contributed by atoms with Gasteiger partial charge in [0.2, 0.25) is 5.91 Å². The molecule has 15 heavy (non-hydrogen) atoms. The van der Waals surface area contributed by atoms with Crippen molar-refractivity contribution in [1.29, 1.82) is 0 Å². The second kappa shape index (κ2) is 6.11. The number of rotatable bonds is 4. The Kier molecular flexibility index (Phi) is 5.09. The van der Waals surface area contributed by atoms with Crippen LogP contribution in [-0.2, 0) is 4.79 Å². The van der Waals surface area contributed by atoms with Crippen LogP contribution in [0, 0.1) is 5.92 Å². The molecule has 3 heteroatoms. The predicted octanol–water partition coefficient (Wildman–Crippen LogP) is 1.76. The fourth-order valence-corrected chi connectivity index (χ4v) is 2.40. The van der Waals surface area contributed by atoms with Gasteiger partial charge in [-0.2, -0.15) is 0 Å². The first kappa shape index (κ1) is 12.5. The Balaban J connectivity index is 2.49. The molecule has 2 unspecified atom stereocenters. The van der Waals surface area contributed by atoms with Gasteiger partial charge in [0.05, 0.1) is 0 Å². The molecule has 0 aromatic heterocycles. The van der Waals surface area contributed by atoms with Gasteiger partial charge in [0, 0.05) is 25.0 Å². The average molecular weight is 212 g/mol. The van der Waals surface area contributed by atoms with E-state index in [1.807, 2.05) is 4.90 Å². The van der Waals surface area contributed by atoms with Crippen LogP contribution in [0.25, 0.3) is 0 Å². The lowest BCUT2D eigenvalue weighted by Gasteiger charge is -2.30. The first-order valence-electron chi connectivity index (χ1n) is 6.23. The van der Waals surface area contributed by atoms with Crippen LogP contribution in [-0.4, -0.2) is 29.9 Å². The molecule has 2 atom stereocenters. The lowest BCUT2D eigenvalue weighted by molar-refractivity contribution is -0.136. The molecule has 0 aromatic carbocycles. The minimum atomic E-state index is 0.195. The van der Waals surface area contributed by atoms with E-state index in [4.69, 9.17) is 5.73 Å². The summed E-state index contributed by atoms with van der Waals surface area (Å²) in [5.74, 6) is 0.523. The van der Waals surface area contributed by atoms with E-state index < -0.39 is 0 Å². The molecule has 1 fully saturated rings. The monoisotopic (exact) mass is 212 g/mol. The molecular weight excluding hydrogens is 188 g/mol. The zero-order valence-corrected chi connectivity index (χ0v) is 10.0. The fraction of sp³-hybridized carbons (Fsp3) is 0.917. The third-order valence-electron chi connectivity index (χ3n) is 3.25. The van der Waals surface area contributed by atoms with Gasteiger partial charge in [0.15, 0.2) is 0 Å². The fourth-order valence-electron chi connectivity index (χ4n) is 2.40. The van der Waals surface area contributed by atoms with Crippen LogP contribution in [0.3, 0.4) is 0 Å². The highest BCUT2D eigenvalue weighted by Gasteiger charge is 2.27.